The Kier molecular flexibility index (Phi) is 5.70. The summed E-state index contributed by atoms with van der Waals surface area (Å²) in [5, 5.41) is 14.2. The molecule has 0 radical (unpaired) electrons. The summed E-state index contributed by atoms with van der Waals surface area (Å²) in [4.78, 5) is 26.8. The summed E-state index contributed by atoms with van der Waals surface area (Å²) in [6.45, 7) is 4.71. The molecular formula is C20H20F3N3O5. The smallest absolute Gasteiger partial charge is 0.420 e. The lowest BCUT2D eigenvalue weighted by atomic mass is 10.0. The van der Waals surface area contributed by atoms with Crippen molar-refractivity contribution in [2.45, 2.75) is 39.1 Å². The van der Waals surface area contributed by atoms with Crippen molar-refractivity contribution >= 4 is 28.9 Å². The van der Waals surface area contributed by atoms with Crippen LogP contribution >= 0.6 is 0 Å². The van der Waals surface area contributed by atoms with Gasteiger partial charge in [-0.3, -0.25) is 4.99 Å². The van der Waals surface area contributed by atoms with Crippen molar-refractivity contribution < 1.29 is 37.0 Å². The number of alkyl halides is 3. The van der Waals surface area contributed by atoms with Crippen LogP contribution < -0.4 is 10.6 Å². The van der Waals surface area contributed by atoms with Crippen LogP contribution in [0.1, 0.15) is 37.7 Å². The molecule has 0 saturated carbocycles. The SMILES string of the molecule is CC(C)(C)OC(=O)NCc1cc2cc(C3=NCC(C(=O)O)=CN3)cc(C(F)(F)F)c2o1. The molecule has 0 unspecified atom stereocenters. The quantitative estimate of drug-likeness (QED) is 0.668. The molecule has 0 atom stereocenters. The van der Waals surface area contributed by atoms with E-state index in [0.717, 1.165) is 6.07 Å². The molecule has 31 heavy (non-hydrogen) atoms. The maximum absolute atomic E-state index is 13.6. The summed E-state index contributed by atoms with van der Waals surface area (Å²) >= 11 is 0. The van der Waals surface area contributed by atoms with Gasteiger partial charge in [0, 0.05) is 17.1 Å². The van der Waals surface area contributed by atoms with Crippen molar-refractivity contribution in [2.75, 3.05) is 6.54 Å². The molecule has 0 aliphatic carbocycles. The first-order valence-electron chi connectivity index (χ1n) is 9.18. The summed E-state index contributed by atoms with van der Waals surface area (Å²) in [6.07, 6.45) is -4.25. The summed E-state index contributed by atoms with van der Waals surface area (Å²) in [5.74, 6) is -0.958. The van der Waals surface area contributed by atoms with Crippen molar-refractivity contribution in [3.63, 3.8) is 0 Å². The Morgan fingerprint density at radius 1 is 1.26 bits per heavy atom. The number of carboxylic acids is 1. The molecule has 0 saturated heterocycles. The maximum Gasteiger partial charge on any atom is 0.420 e. The molecule has 1 aromatic carbocycles. The van der Waals surface area contributed by atoms with Gasteiger partial charge in [-0.25, -0.2) is 9.59 Å². The predicted molar refractivity (Wildman–Crippen MR) is 105 cm³/mol. The molecule has 2 heterocycles. The van der Waals surface area contributed by atoms with Crippen molar-refractivity contribution in [3.8, 4) is 0 Å². The van der Waals surface area contributed by atoms with Crippen LogP contribution in [-0.2, 0) is 22.3 Å². The van der Waals surface area contributed by atoms with Gasteiger partial charge in [0.25, 0.3) is 0 Å². The minimum atomic E-state index is -4.71. The molecule has 0 fully saturated rings. The number of carbonyl (C=O) groups is 2. The van der Waals surface area contributed by atoms with E-state index >= 15 is 0 Å². The topological polar surface area (TPSA) is 113 Å². The predicted octanol–water partition coefficient (Wildman–Crippen LogP) is 3.79. The van der Waals surface area contributed by atoms with Gasteiger partial charge in [-0.15, -0.1) is 0 Å². The second kappa shape index (κ2) is 7.97. The van der Waals surface area contributed by atoms with Crippen LogP contribution in [0.4, 0.5) is 18.0 Å². The average Bonchev–Trinajstić information content (AvgIpc) is 3.06. The van der Waals surface area contributed by atoms with Crippen molar-refractivity contribution in [2.24, 2.45) is 4.99 Å². The summed E-state index contributed by atoms with van der Waals surface area (Å²) in [7, 11) is 0. The maximum atomic E-state index is 13.6. The largest absolute Gasteiger partial charge is 0.478 e. The number of amidine groups is 1. The number of aliphatic carboxylic acids is 1. The minimum absolute atomic E-state index is 0.0142. The number of fused-ring (bicyclic) bond motifs is 1. The Hall–Kier alpha value is -3.50. The number of hydrogen-bond acceptors (Lipinski definition) is 6. The van der Waals surface area contributed by atoms with Crippen LogP contribution in [0.2, 0.25) is 0 Å². The number of ether oxygens (including phenoxy) is 1. The Labute approximate surface area is 174 Å². The van der Waals surface area contributed by atoms with E-state index in [4.69, 9.17) is 14.3 Å². The van der Waals surface area contributed by atoms with E-state index in [1.165, 1.54) is 18.3 Å². The Bertz CT molecular complexity index is 1090. The zero-order valence-electron chi connectivity index (χ0n) is 16.9. The third kappa shape index (κ3) is 5.36. The molecule has 1 aromatic heterocycles. The van der Waals surface area contributed by atoms with E-state index in [1.807, 2.05) is 0 Å². The van der Waals surface area contributed by atoms with Crippen LogP contribution in [0, 0.1) is 0 Å². The second-order valence-corrected chi connectivity index (χ2v) is 7.79. The van der Waals surface area contributed by atoms with Gasteiger partial charge in [-0.05, 0) is 39.0 Å². The number of alkyl carbamates (subject to hydrolysis) is 1. The zero-order chi connectivity index (χ0) is 23.0. The minimum Gasteiger partial charge on any atom is -0.478 e. The van der Waals surface area contributed by atoms with E-state index in [2.05, 4.69) is 15.6 Å². The third-order valence-corrected chi connectivity index (χ3v) is 4.12. The van der Waals surface area contributed by atoms with E-state index < -0.39 is 29.4 Å². The van der Waals surface area contributed by atoms with E-state index in [9.17, 15) is 22.8 Å². The highest BCUT2D eigenvalue weighted by Crippen LogP contribution is 2.37. The molecule has 0 bridgehead atoms. The van der Waals surface area contributed by atoms with Crippen LogP contribution in [0.15, 0.2) is 39.4 Å². The Balaban J connectivity index is 1.90. The van der Waals surface area contributed by atoms with Crippen LogP contribution in [0.25, 0.3) is 11.0 Å². The molecule has 1 aliphatic heterocycles. The first kappa shape index (κ1) is 22.2. The van der Waals surface area contributed by atoms with Gasteiger partial charge in [0.1, 0.15) is 22.8 Å². The monoisotopic (exact) mass is 439 g/mol. The fourth-order valence-electron chi connectivity index (χ4n) is 2.83. The Morgan fingerprint density at radius 2 is 1.97 bits per heavy atom. The molecule has 8 nitrogen and oxygen atoms in total. The number of benzene rings is 1. The normalized spacial score (nSPS) is 14.5. The fraction of sp³-hybridized carbons (Fsp3) is 0.350. The number of hydrogen-bond donors (Lipinski definition) is 3. The van der Waals surface area contributed by atoms with Gasteiger partial charge in [0.2, 0.25) is 0 Å². The lowest BCUT2D eigenvalue weighted by Gasteiger charge is -2.19. The van der Waals surface area contributed by atoms with Crippen LogP contribution in [-0.4, -0.2) is 35.2 Å². The molecule has 3 rings (SSSR count). The number of carboxylic acid groups (broad SMARTS) is 1. The van der Waals surface area contributed by atoms with Gasteiger partial charge in [0.05, 0.1) is 24.2 Å². The highest BCUT2D eigenvalue weighted by Gasteiger charge is 2.35. The highest BCUT2D eigenvalue weighted by atomic mass is 19.4. The molecule has 0 spiro atoms. The number of nitrogens with zero attached hydrogens (tertiary/aromatic N) is 1. The van der Waals surface area contributed by atoms with Crippen LogP contribution in [0.3, 0.4) is 0 Å². The number of nitrogens with one attached hydrogen (secondary N) is 2. The summed E-state index contributed by atoms with van der Waals surface area (Å²) in [6, 6.07) is 3.70. The standard InChI is InChI=1S/C20H20F3N3O5/c1-19(2,3)31-18(29)26-9-13-5-10-4-11(6-14(15(10)30-13)20(21,22)23)16-24-7-12(8-25-16)17(27)28/h4-7H,8-9H2,1-3H3,(H,24,25)(H,26,29)(H,27,28). The average molecular weight is 439 g/mol. The van der Waals surface area contributed by atoms with Crippen molar-refractivity contribution in [1.29, 1.82) is 0 Å². The number of halogens is 3. The van der Waals surface area contributed by atoms with Gasteiger partial charge in [0.15, 0.2) is 0 Å². The lowest BCUT2D eigenvalue weighted by Crippen LogP contribution is -2.32. The lowest BCUT2D eigenvalue weighted by molar-refractivity contribution is -0.137. The molecule has 3 N–H and O–H groups in total. The molecule has 1 aliphatic rings. The molecule has 1 amide bonds. The van der Waals surface area contributed by atoms with Crippen LogP contribution in [0.5, 0.6) is 0 Å². The molecule has 166 valence electrons. The third-order valence-electron chi connectivity index (χ3n) is 4.12. The number of aliphatic imine (C=N–C) groups is 1. The van der Waals surface area contributed by atoms with Gasteiger partial charge >= 0.3 is 18.2 Å². The molecular weight excluding hydrogens is 419 g/mol. The number of amides is 1. The summed E-state index contributed by atoms with van der Waals surface area (Å²) in [5.41, 5.74) is -2.01. The first-order chi connectivity index (χ1) is 14.3. The van der Waals surface area contributed by atoms with Gasteiger partial charge < -0.3 is 24.9 Å². The molecule has 2 aromatic rings. The zero-order valence-corrected chi connectivity index (χ0v) is 16.9. The summed E-state index contributed by atoms with van der Waals surface area (Å²) < 4.78 is 51.4. The second-order valence-electron chi connectivity index (χ2n) is 7.79. The first-order valence-corrected chi connectivity index (χ1v) is 9.18. The van der Waals surface area contributed by atoms with Gasteiger partial charge in [-0.1, -0.05) is 0 Å². The number of furan rings is 1. The highest BCUT2D eigenvalue weighted by molar-refractivity contribution is 6.04. The van der Waals surface area contributed by atoms with Crippen molar-refractivity contribution in [1.82, 2.24) is 10.6 Å². The fourth-order valence-corrected chi connectivity index (χ4v) is 2.83. The van der Waals surface area contributed by atoms with E-state index in [-0.39, 0.29) is 46.8 Å². The Morgan fingerprint density at radius 3 is 2.52 bits per heavy atom. The van der Waals surface area contributed by atoms with E-state index in [0.29, 0.717) is 0 Å². The number of carbonyl (C=O) groups excluding carboxylic acids is 1. The van der Waals surface area contributed by atoms with Gasteiger partial charge in [-0.2, -0.15) is 13.2 Å². The number of rotatable bonds is 4. The molecule has 11 heteroatoms. The van der Waals surface area contributed by atoms with Crippen molar-refractivity contribution in [3.05, 3.63) is 46.9 Å². The van der Waals surface area contributed by atoms with E-state index in [1.54, 1.807) is 20.8 Å².